The van der Waals surface area contributed by atoms with Crippen molar-refractivity contribution < 1.29 is 14.3 Å². The molecule has 2 aliphatic rings. The summed E-state index contributed by atoms with van der Waals surface area (Å²) in [5.41, 5.74) is 6.21. The first-order valence-corrected chi connectivity index (χ1v) is 7.21. The van der Waals surface area contributed by atoms with Crippen LogP contribution >= 0.6 is 11.5 Å². The number of carbonyl (C=O) groups excluding carboxylic acids is 1. The number of anilines is 2. The van der Waals surface area contributed by atoms with Gasteiger partial charge in [0, 0.05) is 6.54 Å². The predicted octanol–water partition coefficient (Wildman–Crippen LogP) is 1.27. The minimum absolute atomic E-state index is 0.257. The van der Waals surface area contributed by atoms with E-state index in [1.54, 1.807) is 0 Å². The second-order valence-corrected chi connectivity index (χ2v) is 5.59. The number of hydrogen-bond donors (Lipinski definition) is 1. The van der Waals surface area contributed by atoms with E-state index in [9.17, 15) is 4.79 Å². The Labute approximate surface area is 115 Å². The van der Waals surface area contributed by atoms with E-state index in [0.29, 0.717) is 18.2 Å². The molecule has 104 valence electrons. The number of esters is 1. The molecule has 1 aromatic heterocycles. The number of aromatic nitrogens is 1. The van der Waals surface area contributed by atoms with Gasteiger partial charge in [0.25, 0.3) is 0 Å². The van der Waals surface area contributed by atoms with Crippen molar-refractivity contribution in [2.45, 2.75) is 31.4 Å². The molecule has 1 saturated carbocycles. The number of morpholine rings is 1. The smallest absolute Gasteiger partial charge is 0.344 e. The molecule has 1 saturated heterocycles. The summed E-state index contributed by atoms with van der Waals surface area (Å²) in [4.78, 5) is 14.1. The van der Waals surface area contributed by atoms with Crippen LogP contribution in [0.25, 0.3) is 0 Å². The lowest BCUT2D eigenvalue weighted by atomic mass is 10.1. The van der Waals surface area contributed by atoms with E-state index in [-0.39, 0.29) is 11.9 Å². The van der Waals surface area contributed by atoms with Gasteiger partial charge in [0.2, 0.25) is 0 Å². The molecule has 3 rings (SSSR count). The van der Waals surface area contributed by atoms with Gasteiger partial charge in [-0.3, -0.25) is 0 Å². The summed E-state index contributed by atoms with van der Waals surface area (Å²) >= 11 is 1.27. The molecule has 2 atom stereocenters. The molecule has 0 spiro atoms. The van der Waals surface area contributed by atoms with E-state index < -0.39 is 5.97 Å². The molecule has 0 bridgehead atoms. The fourth-order valence-corrected chi connectivity index (χ4v) is 3.85. The summed E-state index contributed by atoms with van der Waals surface area (Å²) in [6.45, 7) is 1.45. The molecule has 7 heteroatoms. The lowest BCUT2D eigenvalue weighted by Crippen LogP contribution is -2.48. The third kappa shape index (κ3) is 2.06. The van der Waals surface area contributed by atoms with Gasteiger partial charge in [-0.2, -0.15) is 4.37 Å². The molecule has 1 aromatic rings. The van der Waals surface area contributed by atoms with Crippen LogP contribution in [0.3, 0.4) is 0 Å². The third-order valence-electron chi connectivity index (χ3n) is 3.83. The first-order chi connectivity index (χ1) is 9.22. The quantitative estimate of drug-likeness (QED) is 0.824. The Hall–Kier alpha value is -1.34. The summed E-state index contributed by atoms with van der Waals surface area (Å²) in [5, 5.41) is 0.824. The molecule has 2 fully saturated rings. The highest BCUT2D eigenvalue weighted by Gasteiger charge is 2.39. The maximum atomic E-state index is 11.9. The monoisotopic (exact) mass is 283 g/mol. The van der Waals surface area contributed by atoms with Crippen LogP contribution in [0.4, 0.5) is 10.8 Å². The van der Waals surface area contributed by atoms with Gasteiger partial charge < -0.3 is 20.1 Å². The average molecular weight is 283 g/mol. The Morgan fingerprint density at radius 3 is 3.21 bits per heavy atom. The zero-order valence-electron chi connectivity index (χ0n) is 10.8. The van der Waals surface area contributed by atoms with Crippen LogP contribution in [-0.2, 0) is 9.47 Å². The maximum Gasteiger partial charge on any atom is 0.344 e. The molecule has 1 aliphatic carbocycles. The van der Waals surface area contributed by atoms with Crippen LogP contribution < -0.4 is 10.6 Å². The summed E-state index contributed by atoms with van der Waals surface area (Å²) in [6.07, 6.45) is 3.60. The minimum Gasteiger partial charge on any atom is -0.465 e. The molecule has 2 heterocycles. The van der Waals surface area contributed by atoms with Gasteiger partial charge in [0.1, 0.15) is 10.6 Å². The van der Waals surface area contributed by atoms with Crippen LogP contribution in [0.5, 0.6) is 0 Å². The zero-order valence-corrected chi connectivity index (χ0v) is 11.6. The van der Waals surface area contributed by atoms with Crippen molar-refractivity contribution in [3.8, 4) is 0 Å². The van der Waals surface area contributed by atoms with Crippen LogP contribution in [0.15, 0.2) is 0 Å². The number of nitrogen functional groups attached to an aromatic ring is 1. The largest absolute Gasteiger partial charge is 0.465 e. The molecule has 0 radical (unpaired) electrons. The molecular weight excluding hydrogens is 266 g/mol. The highest BCUT2D eigenvalue weighted by molar-refractivity contribution is 7.11. The van der Waals surface area contributed by atoms with Gasteiger partial charge in [-0.15, -0.1) is 0 Å². The van der Waals surface area contributed by atoms with Crippen LogP contribution in [0.1, 0.15) is 29.6 Å². The summed E-state index contributed by atoms with van der Waals surface area (Å²) in [5.74, 6) is -0.157. The Kier molecular flexibility index (Phi) is 3.32. The van der Waals surface area contributed by atoms with Crippen molar-refractivity contribution in [1.29, 1.82) is 0 Å². The molecule has 0 aromatic carbocycles. The van der Waals surface area contributed by atoms with Gasteiger partial charge >= 0.3 is 5.97 Å². The number of carbonyl (C=O) groups is 1. The van der Waals surface area contributed by atoms with Gasteiger partial charge in [-0.1, -0.05) is 0 Å². The molecule has 2 unspecified atom stereocenters. The van der Waals surface area contributed by atoms with Crippen molar-refractivity contribution in [2.24, 2.45) is 0 Å². The van der Waals surface area contributed by atoms with Crippen molar-refractivity contribution in [1.82, 2.24) is 4.37 Å². The van der Waals surface area contributed by atoms with Gasteiger partial charge in [0.05, 0.1) is 25.9 Å². The van der Waals surface area contributed by atoms with Crippen LogP contribution in [-0.4, -0.2) is 42.8 Å². The van der Waals surface area contributed by atoms with Gasteiger partial charge in [-0.05, 0) is 30.8 Å². The number of nitrogens with two attached hydrogens (primary N) is 1. The zero-order chi connectivity index (χ0) is 13.4. The molecule has 19 heavy (non-hydrogen) atoms. The first kappa shape index (κ1) is 12.7. The second kappa shape index (κ2) is 4.97. The van der Waals surface area contributed by atoms with Crippen molar-refractivity contribution in [2.75, 3.05) is 30.9 Å². The highest BCUT2D eigenvalue weighted by Crippen LogP contribution is 2.38. The van der Waals surface area contributed by atoms with E-state index >= 15 is 0 Å². The summed E-state index contributed by atoms with van der Waals surface area (Å²) in [6, 6.07) is 0.331. The molecule has 1 aliphatic heterocycles. The van der Waals surface area contributed by atoms with E-state index in [1.807, 2.05) is 0 Å². The molecule has 2 N–H and O–H groups in total. The molecule has 6 nitrogen and oxygen atoms in total. The maximum absolute atomic E-state index is 11.9. The number of nitrogens with zero attached hydrogens (tertiary/aromatic N) is 2. The van der Waals surface area contributed by atoms with Crippen LogP contribution in [0.2, 0.25) is 0 Å². The van der Waals surface area contributed by atoms with Gasteiger partial charge in [-0.25, -0.2) is 4.79 Å². The van der Waals surface area contributed by atoms with E-state index in [4.69, 9.17) is 15.2 Å². The Bertz CT molecular complexity index is 491. The van der Waals surface area contributed by atoms with Gasteiger partial charge in [0.15, 0.2) is 5.82 Å². The lowest BCUT2D eigenvalue weighted by molar-refractivity contribution is 0.0257. The topological polar surface area (TPSA) is 77.7 Å². The Balaban J connectivity index is 1.95. The first-order valence-electron chi connectivity index (χ1n) is 6.44. The number of hydrogen-bond acceptors (Lipinski definition) is 7. The van der Waals surface area contributed by atoms with Crippen molar-refractivity contribution >= 4 is 28.3 Å². The third-order valence-corrected chi connectivity index (χ3v) is 4.73. The fraction of sp³-hybridized carbons (Fsp3) is 0.667. The summed E-state index contributed by atoms with van der Waals surface area (Å²) < 4.78 is 14.7. The Morgan fingerprint density at radius 2 is 2.42 bits per heavy atom. The minimum atomic E-state index is -0.415. The second-order valence-electron chi connectivity index (χ2n) is 4.84. The van der Waals surface area contributed by atoms with Crippen molar-refractivity contribution in [3.05, 3.63) is 5.56 Å². The average Bonchev–Trinajstić information content (AvgIpc) is 3.03. The fourth-order valence-electron chi connectivity index (χ4n) is 2.96. The lowest BCUT2D eigenvalue weighted by Gasteiger charge is -2.38. The van der Waals surface area contributed by atoms with E-state index in [0.717, 1.165) is 30.8 Å². The predicted molar refractivity (Wildman–Crippen MR) is 72.6 cm³/mol. The standard InChI is InChI=1S/C12H17N3O3S/c1-17-12(16)9-10(13)14-19-11(9)15-5-6-18-8-4-2-3-7(8)15/h7-8H,2-6H2,1H3,(H2,13,14). The molecular formula is C12H17N3O3S. The van der Waals surface area contributed by atoms with Crippen molar-refractivity contribution in [3.63, 3.8) is 0 Å². The number of rotatable bonds is 2. The summed E-state index contributed by atoms with van der Waals surface area (Å²) in [7, 11) is 1.36. The van der Waals surface area contributed by atoms with E-state index in [1.165, 1.54) is 18.6 Å². The number of ether oxygens (including phenoxy) is 2. The molecule has 0 amide bonds. The Morgan fingerprint density at radius 1 is 1.58 bits per heavy atom. The van der Waals surface area contributed by atoms with E-state index in [2.05, 4.69) is 9.27 Å². The SMILES string of the molecule is COC(=O)c1c(N)nsc1N1CCOC2CCCC21. The normalized spacial score (nSPS) is 26.3. The van der Waals surface area contributed by atoms with Crippen LogP contribution in [0, 0.1) is 0 Å². The highest BCUT2D eigenvalue weighted by atomic mass is 32.1. The number of fused-ring (bicyclic) bond motifs is 1. The number of methoxy groups -OCH3 is 1.